The molecule has 0 aromatic rings. The van der Waals surface area contributed by atoms with Crippen molar-refractivity contribution in [2.24, 2.45) is 0 Å². The minimum absolute atomic E-state index is 0.0631. The van der Waals surface area contributed by atoms with Crippen molar-refractivity contribution in [2.75, 3.05) is 13.2 Å². The smallest absolute Gasteiger partial charge is 0.306 e. The first-order chi connectivity index (χ1) is 27.6. The molecule has 330 valence electrons. The van der Waals surface area contributed by atoms with E-state index in [0.29, 0.717) is 12.8 Å². The molecule has 0 aliphatic carbocycles. The predicted molar refractivity (Wildman–Crippen MR) is 242 cm³/mol. The fourth-order valence-corrected chi connectivity index (χ4v) is 7.47. The van der Waals surface area contributed by atoms with Crippen LogP contribution < -0.4 is 0 Å². The first-order valence-electron chi connectivity index (χ1n) is 24.9. The third-order valence-electron chi connectivity index (χ3n) is 11.2. The highest BCUT2D eigenvalue weighted by atomic mass is 16.6. The zero-order valence-corrected chi connectivity index (χ0v) is 37.7. The van der Waals surface area contributed by atoms with Crippen molar-refractivity contribution in [3.63, 3.8) is 0 Å². The number of carbonyl (C=O) groups is 2. The van der Waals surface area contributed by atoms with E-state index in [9.17, 15) is 14.7 Å². The lowest BCUT2D eigenvalue weighted by Gasteiger charge is -2.15. The molecule has 0 rings (SSSR count). The van der Waals surface area contributed by atoms with Gasteiger partial charge >= 0.3 is 11.9 Å². The molecular weight excluding hydrogens is 693 g/mol. The Bertz CT molecular complexity index is 851. The van der Waals surface area contributed by atoms with Crippen molar-refractivity contribution in [1.82, 2.24) is 0 Å². The molecule has 5 heteroatoms. The predicted octanol–water partition coefficient (Wildman–Crippen LogP) is 16.2. The molecule has 1 atom stereocenters. The van der Waals surface area contributed by atoms with Crippen molar-refractivity contribution >= 4 is 11.9 Å². The molecule has 1 N–H and O–H groups in total. The maximum atomic E-state index is 12.3. The highest BCUT2D eigenvalue weighted by Crippen LogP contribution is 2.17. The maximum absolute atomic E-state index is 12.3. The summed E-state index contributed by atoms with van der Waals surface area (Å²) < 4.78 is 10.7. The molecule has 0 unspecified atom stereocenters. The quantitative estimate of drug-likeness (QED) is 0.0378. The van der Waals surface area contributed by atoms with Crippen LogP contribution in [0.15, 0.2) is 24.3 Å². The average molecular weight is 789 g/mol. The van der Waals surface area contributed by atoms with Crippen molar-refractivity contribution in [1.29, 1.82) is 0 Å². The number of aliphatic hydroxyl groups is 1. The van der Waals surface area contributed by atoms with Crippen LogP contribution in [0.5, 0.6) is 0 Å². The summed E-state index contributed by atoms with van der Waals surface area (Å²) in [6.45, 7) is 4.15. The van der Waals surface area contributed by atoms with Crippen LogP contribution in [0.1, 0.15) is 271 Å². The van der Waals surface area contributed by atoms with Crippen LogP contribution >= 0.6 is 0 Å². The van der Waals surface area contributed by atoms with Crippen LogP contribution in [0, 0.1) is 0 Å². The summed E-state index contributed by atoms with van der Waals surface area (Å²) >= 11 is 0. The average Bonchev–Trinajstić information content (AvgIpc) is 3.20. The molecule has 56 heavy (non-hydrogen) atoms. The van der Waals surface area contributed by atoms with Crippen LogP contribution in [0.25, 0.3) is 0 Å². The lowest BCUT2D eigenvalue weighted by Crippen LogP contribution is -2.28. The molecule has 0 bridgehead atoms. The number of carbonyl (C=O) groups excluding carboxylic acids is 2. The Balaban J connectivity index is 3.46. The van der Waals surface area contributed by atoms with Crippen LogP contribution in [-0.2, 0) is 19.1 Å². The maximum Gasteiger partial charge on any atom is 0.306 e. The van der Waals surface area contributed by atoms with Gasteiger partial charge in [-0.15, -0.1) is 0 Å². The molecule has 0 saturated carbocycles. The Morgan fingerprint density at radius 2 is 0.714 bits per heavy atom. The summed E-state index contributed by atoms with van der Waals surface area (Å²) in [6, 6.07) is 0. The Hall–Kier alpha value is -1.62. The standard InChI is InChI=1S/C51H96O5/c1-3-5-7-9-11-13-15-17-19-21-23-24-25-26-28-30-32-34-36-38-40-42-44-46-51(54)56-49(47-52)48-55-50(53)45-43-41-39-37-35-33-31-29-27-22-20-18-16-14-12-10-8-6-4-2/h12,14,18,20,49,52H,3-11,13,15-17,19,21-48H2,1-2H3/b14-12+,20-18+/t49-/m0/s1. The fraction of sp³-hybridized carbons (Fsp3) is 0.882. The fourth-order valence-electron chi connectivity index (χ4n) is 7.47. The first kappa shape index (κ1) is 54.4. The van der Waals surface area contributed by atoms with Gasteiger partial charge < -0.3 is 14.6 Å². The van der Waals surface area contributed by atoms with E-state index >= 15 is 0 Å². The van der Waals surface area contributed by atoms with Crippen LogP contribution in [0.3, 0.4) is 0 Å². The second-order valence-corrected chi connectivity index (χ2v) is 16.9. The number of hydrogen-bond donors (Lipinski definition) is 1. The Morgan fingerprint density at radius 1 is 0.411 bits per heavy atom. The van der Waals surface area contributed by atoms with Crippen molar-refractivity contribution in [2.45, 2.75) is 277 Å². The van der Waals surface area contributed by atoms with Crippen LogP contribution in [-0.4, -0.2) is 36.4 Å². The third-order valence-corrected chi connectivity index (χ3v) is 11.2. The van der Waals surface area contributed by atoms with E-state index in [0.717, 1.165) is 44.9 Å². The second-order valence-electron chi connectivity index (χ2n) is 16.9. The van der Waals surface area contributed by atoms with E-state index in [1.54, 1.807) is 0 Å². The van der Waals surface area contributed by atoms with E-state index < -0.39 is 6.10 Å². The van der Waals surface area contributed by atoms with Gasteiger partial charge in [-0.3, -0.25) is 9.59 Å². The monoisotopic (exact) mass is 789 g/mol. The number of rotatable bonds is 46. The molecule has 0 aliphatic heterocycles. The van der Waals surface area contributed by atoms with Gasteiger partial charge in [0.2, 0.25) is 0 Å². The molecule has 0 amide bonds. The molecule has 0 aliphatic rings. The zero-order valence-electron chi connectivity index (χ0n) is 37.7. The normalized spacial score (nSPS) is 12.3. The summed E-state index contributed by atoms with van der Waals surface area (Å²) in [5.74, 6) is -0.580. The van der Waals surface area contributed by atoms with Crippen molar-refractivity contribution in [3.8, 4) is 0 Å². The summed E-state index contributed by atoms with van der Waals surface area (Å²) in [4.78, 5) is 24.4. The minimum atomic E-state index is -0.769. The number of esters is 2. The highest BCUT2D eigenvalue weighted by Gasteiger charge is 2.16. The summed E-state index contributed by atoms with van der Waals surface area (Å²) in [7, 11) is 0. The Labute approximate surface area is 349 Å². The van der Waals surface area contributed by atoms with Crippen molar-refractivity contribution < 1.29 is 24.2 Å². The molecule has 0 aromatic heterocycles. The summed E-state index contributed by atoms with van der Waals surface area (Å²) in [5, 5.41) is 9.62. The van der Waals surface area contributed by atoms with E-state index in [4.69, 9.17) is 9.47 Å². The summed E-state index contributed by atoms with van der Waals surface area (Å²) in [6.07, 6.45) is 58.4. The Morgan fingerprint density at radius 3 is 1.09 bits per heavy atom. The molecule has 0 saturated heterocycles. The van der Waals surface area contributed by atoms with Gasteiger partial charge in [-0.05, 0) is 44.9 Å². The van der Waals surface area contributed by atoms with Crippen LogP contribution in [0.4, 0.5) is 0 Å². The van der Waals surface area contributed by atoms with Gasteiger partial charge in [0.1, 0.15) is 6.61 Å². The van der Waals surface area contributed by atoms with E-state index in [-0.39, 0.29) is 25.2 Å². The van der Waals surface area contributed by atoms with Gasteiger partial charge in [0.15, 0.2) is 6.10 Å². The van der Waals surface area contributed by atoms with Crippen molar-refractivity contribution in [3.05, 3.63) is 24.3 Å². The van der Waals surface area contributed by atoms with Gasteiger partial charge in [-0.2, -0.15) is 0 Å². The minimum Gasteiger partial charge on any atom is -0.462 e. The molecule has 0 aromatic carbocycles. The third kappa shape index (κ3) is 45.1. The molecule has 0 fully saturated rings. The highest BCUT2D eigenvalue weighted by molar-refractivity contribution is 5.70. The molecule has 0 radical (unpaired) electrons. The van der Waals surface area contributed by atoms with Gasteiger partial charge in [0, 0.05) is 12.8 Å². The van der Waals surface area contributed by atoms with Crippen LogP contribution in [0.2, 0.25) is 0 Å². The topological polar surface area (TPSA) is 72.8 Å². The zero-order chi connectivity index (χ0) is 40.7. The van der Waals surface area contributed by atoms with Gasteiger partial charge in [-0.1, -0.05) is 237 Å². The molecular formula is C51H96O5. The number of allylic oxidation sites excluding steroid dienone is 4. The lowest BCUT2D eigenvalue weighted by molar-refractivity contribution is -0.161. The number of hydrogen-bond acceptors (Lipinski definition) is 5. The van der Waals surface area contributed by atoms with Gasteiger partial charge in [0.05, 0.1) is 6.61 Å². The van der Waals surface area contributed by atoms with E-state index in [1.165, 1.54) is 199 Å². The lowest BCUT2D eigenvalue weighted by atomic mass is 10.0. The molecule has 5 nitrogen and oxygen atoms in total. The van der Waals surface area contributed by atoms with E-state index in [2.05, 4.69) is 38.2 Å². The second kappa shape index (κ2) is 47.8. The SMILES string of the molecule is CCCCC/C=C/C/C=C/CCCCCCCCCCCC(=O)OC[C@H](CO)OC(=O)CCCCCCCCCCCCCCCCCCCCCCCCC. The number of ether oxygens (including phenoxy) is 2. The summed E-state index contributed by atoms with van der Waals surface area (Å²) in [5.41, 5.74) is 0. The Kier molecular flexibility index (Phi) is 46.4. The van der Waals surface area contributed by atoms with Gasteiger partial charge in [-0.25, -0.2) is 0 Å². The number of unbranched alkanes of at least 4 members (excludes halogenated alkanes) is 34. The first-order valence-corrected chi connectivity index (χ1v) is 24.9. The van der Waals surface area contributed by atoms with Gasteiger partial charge in [0.25, 0.3) is 0 Å². The number of aliphatic hydroxyl groups excluding tert-OH is 1. The molecule has 0 spiro atoms. The largest absolute Gasteiger partial charge is 0.462 e. The molecule has 0 heterocycles. The van der Waals surface area contributed by atoms with E-state index in [1.807, 2.05) is 0 Å².